The highest BCUT2D eigenvalue weighted by atomic mass is 32.2. The molecule has 0 spiro atoms. The van der Waals surface area contributed by atoms with Crippen molar-refractivity contribution in [1.82, 2.24) is 0 Å². The summed E-state index contributed by atoms with van der Waals surface area (Å²) in [6.45, 7) is 10.1. The van der Waals surface area contributed by atoms with E-state index in [1.807, 2.05) is 25.1 Å². The number of nitrogens with zero attached hydrogens (tertiary/aromatic N) is 2. The van der Waals surface area contributed by atoms with E-state index in [-0.39, 0.29) is 6.47 Å². The Kier molecular flexibility index (Phi) is 19.8. The lowest BCUT2D eigenvalue weighted by molar-refractivity contribution is -0.137. The molecule has 1 N–H and O–H groups in total. The SMILES string of the molecule is CCC.CSCCC(C)/C(C)=N\N(C)c1ccc(C(F)(F)F)cc1.Cc1ccccc1.O=CO. The number of aryl methyl sites for hydroxylation is 1. The zero-order chi connectivity index (χ0) is 26.6. The third-order valence-corrected chi connectivity index (χ3v) is 4.93. The first-order valence-electron chi connectivity index (χ1n) is 11.0. The average molecular weight is 501 g/mol. The van der Waals surface area contributed by atoms with Crippen LogP contribution in [0.5, 0.6) is 0 Å². The van der Waals surface area contributed by atoms with Crippen molar-refractivity contribution in [2.75, 3.05) is 24.1 Å². The van der Waals surface area contributed by atoms with Gasteiger partial charge in [-0.1, -0.05) is 63.1 Å². The number of carboxylic acid groups (broad SMARTS) is 1. The Labute approximate surface area is 207 Å². The number of hydrazone groups is 1. The number of hydrogen-bond donors (Lipinski definition) is 1. The van der Waals surface area contributed by atoms with Crippen LogP contribution in [0.1, 0.15) is 51.7 Å². The van der Waals surface area contributed by atoms with Crippen molar-refractivity contribution in [2.24, 2.45) is 11.0 Å². The summed E-state index contributed by atoms with van der Waals surface area (Å²) in [6.07, 6.45) is 0.0491. The van der Waals surface area contributed by atoms with Gasteiger partial charge in [-0.05, 0) is 62.5 Å². The molecule has 0 aliphatic rings. The van der Waals surface area contributed by atoms with Crippen LogP contribution in [-0.2, 0) is 11.0 Å². The van der Waals surface area contributed by atoms with Gasteiger partial charge in [0, 0.05) is 12.8 Å². The highest BCUT2D eigenvalue weighted by molar-refractivity contribution is 7.98. The molecular formula is C26H39F3N2O2S. The number of alkyl halides is 3. The van der Waals surface area contributed by atoms with Crippen LogP contribution in [-0.4, -0.2) is 36.3 Å². The minimum Gasteiger partial charge on any atom is -0.483 e. The molecule has 0 fully saturated rings. The zero-order valence-corrected chi connectivity index (χ0v) is 22.1. The highest BCUT2D eigenvalue weighted by Crippen LogP contribution is 2.30. The normalized spacial score (nSPS) is 11.4. The molecule has 0 heterocycles. The smallest absolute Gasteiger partial charge is 0.416 e. The van der Waals surface area contributed by atoms with Crippen LogP contribution in [0.4, 0.5) is 18.9 Å². The number of rotatable bonds is 6. The molecule has 0 bridgehead atoms. The van der Waals surface area contributed by atoms with Gasteiger partial charge in [0.2, 0.25) is 0 Å². The first-order chi connectivity index (χ1) is 16.0. The predicted octanol–water partition coefficient (Wildman–Crippen LogP) is 8.02. The van der Waals surface area contributed by atoms with Gasteiger partial charge in [0.05, 0.1) is 11.3 Å². The quantitative estimate of drug-likeness (QED) is 0.248. The highest BCUT2D eigenvalue weighted by Gasteiger charge is 2.30. The van der Waals surface area contributed by atoms with Crippen LogP contribution in [0.3, 0.4) is 0 Å². The Bertz CT molecular complexity index is 783. The summed E-state index contributed by atoms with van der Waals surface area (Å²) < 4.78 is 37.5. The predicted molar refractivity (Wildman–Crippen MR) is 141 cm³/mol. The molecular weight excluding hydrogens is 461 g/mol. The number of benzene rings is 2. The van der Waals surface area contributed by atoms with Crippen molar-refractivity contribution >= 4 is 29.6 Å². The Hall–Kier alpha value is -2.48. The number of anilines is 1. The lowest BCUT2D eigenvalue weighted by Gasteiger charge is -2.18. The largest absolute Gasteiger partial charge is 0.483 e. The molecule has 0 saturated carbocycles. The molecule has 4 nitrogen and oxygen atoms in total. The second kappa shape index (κ2) is 19.9. The van der Waals surface area contributed by atoms with Crippen molar-refractivity contribution in [3.63, 3.8) is 0 Å². The fourth-order valence-corrected chi connectivity index (χ4v) is 2.89. The maximum absolute atomic E-state index is 12.5. The molecule has 0 aromatic heterocycles. The van der Waals surface area contributed by atoms with Crippen LogP contribution in [0.2, 0.25) is 0 Å². The summed E-state index contributed by atoms with van der Waals surface area (Å²) in [6, 6.07) is 15.3. The van der Waals surface area contributed by atoms with Gasteiger partial charge in [0.25, 0.3) is 6.47 Å². The summed E-state index contributed by atoms with van der Waals surface area (Å²) in [5.74, 6) is 1.42. The minimum atomic E-state index is -4.30. The molecule has 2 rings (SSSR count). The number of thioether (sulfide) groups is 1. The fraction of sp³-hybridized carbons (Fsp3) is 0.462. The van der Waals surface area contributed by atoms with E-state index in [1.165, 1.54) is 24.1 Å². The maximum atomic E-state index is 12.5. The van der Waals surface area contributed by atoms with Gasteiger partial charge in [0.15, 0.2) is 0 Å². The maximum Gasteiger partial charge on any atom is 0.416 e. The molecule has 34 heavy (non-hydrogen) atoms. The van der Waals surface area contributed by atoms with E-state index in [1.54, 1.807) is 23.8 Å². The zero-order valence-electron chi connectivity index (χ0n) is 21.3. The Morgan fingerprint density at radius 1 is 1.12 bits per heavy atom. The molecule has 0 aliphatic heterocycles. The molecule has 1 unspecified atom stereocenters. The molecule has 0 aliphatic carbocycles. The van der Waals surface area contributed by atoms with Gasteiger partial charge in [-0.3, -0.25) is 9.80 Å². The van der Waals surface area contributed by atoms with Gasteiger partial charge in [-0.15, -0.1) is 0 Å². The average Bonchev–Trinajstić information content (AvgIpc) is 2.79. The topological polar surface area (TPSA) is 52.9 Å². The number of carbonyl (C=O) groups is 1. The van der Waals surface area contributed by atoms with Crippen LogP contribution in [0.15, 0.2) is 59.7 Å². The molecule has 192 valence electrons. The van der Waals surface area contributed by atoms with E-state index in [2.05, 4.69) is 51.2 Å². The molecule has 8 heteroatoms. The molecule has 0 radical (unpaired) electrons. The second-order valence-corrected chi connectivity index (χ2v) is 8.44. The summed E-state index contributed by atoms with van der Waals surface area (Å²) in [5.41, 5.74) is 2.29. The van der Waals surface area contributed by atoms with Crippen molar-refractivity contribution in [2.45, 2.75) is 53.6 Å². The van der Waals surface area contributed by atoms with Crippen molar-refractivity contribution in [1.29, 1.82) is 0 Å². The first-order valence-corrected chi connectivity index (χ1v) is 12.4. The Balaban J connectivity index is 0. The number of hydrogen-bond acceptors (Lipinski definition) is 4. The third kappa shape index (κ3) is 17.1. The van der Waals surface area contributed by atoms with Crippen LogP contribution < -0.4 is 5.01 Å². The molecule has 2 aromatic carbocycles. The standard InChI is InChI=1S/C15H21F3N2S.C7H8.C3H8.CH2O2/c1-11(9-10-21-4)12(2)19-20(3)14-7-5-13(6-8-14)15(16,17)18;1-7-5-3-2-4-6-7;1-3-2;2-1-3/h5-8,11H,9-10H2,1-4H3;2-6H,1H3;3H2,1-2H3;1H,(H,2,3)/b19-12-;;;. The van der Waals surface area contributed by atoms with E-state index < -0.39 is 11.7 Å². The minimum absolute atomic E-state index is 0.250. The third-order valence-electron chi connectivity index (χ3n) is 4.28. The molecule has 0 saturated heterocycles. The van der Waals surface area contributed by atoms with E-state index in [0.717, 1.165) is 30.0 Å². The summed E-state index contributed by atoms with van der Waals surface area (Å²) in [7, 11) is 1.74. The Morgan fingerprint density at radius 3 is 1.94 bits per heavy atom. The fourth-order valence-electron chi connectivity index (χ4n) is 2.30. The van der Waals surface area contributed by atoms with Crippen LogP contribution >= 0.6 is 11.8 Å². The molecule has 2 aromatic rings. The van der Waals surface area contributed by atoms with E-state index in [4.69, 9.17) is 9.90 Å². The first kappa shape index (κ1) is 33.7. The van der Waals surface area contributed by atoms with E-state index >= 15 is 0 Å². The van der Waals surface area contributed by atoms with Gasteiger partial charge in [-0.2, -0.15) is 30.0 Å². The second-order valence-electron chi connectivity index (χ2n) is 7.46. The molecule has 1 atom stereocenters. The van der Waals surface area contributed by atoms with Gasteiger partial charge >= 0.3 is 6.18 Å². The lowest BCUT2D eigenvalue weighted by Crippen LogP contribution is -2.17. The van der Waals surface area contributed by atoms with Crippen molar-refractivity contribution < 1.29 is 23.1 Å². The Morgan fingerprint density at radius 2 is 1.59 bits per heavy atom. The van der Waals surface area contributed by atoms with E-state index in [9.17, 15) is 13.2 Å². The van der Waals surface area contributed by atoms with E-state index in [0.29, 0.717) is 11.6 Å². The van der Waals surface area contributed by atoms with Crippen molar-refractivity contribution in [3.05, 3.63) is 65.7 Å². The van der Waals surface area contributed by atoms with Crippen molar-refractivity contribution in [3.8, 4) is 0 Å². The van der Waals surface area contributed by atoms with Gasteiger partial charge < -0.3 is 5.11 Å². The summed E-state index contributed by atoms with van der Waals surface area (Å²) in [5, 5.41) is 13.0. The van der Waals surface area contributed by atoms with Gasteiger partial charge in [0.1, 0.15) is 0 Å². The lowest BCUT2D eigenvalue weighted by atomic mass is 10.0. The van der Waals surface area contributed by atoms with Crippen LogP contribution in [0, 0.1) is 12.8 Å². The van der Waals surface area contributed by atoms with Crippen LogP contribution in [0.25, 0.3) is 0 Å². The summed E-state index contributed by atoms with van der Waals surface area (Å²) >= 11 is 1.79. The number of halogens is 3. The van der Waals surface area contributed by atoms with Gasteiger partial charge in [-0.25, -0.2) is 0 Å². The molecule has 0 amide bonds. The monoisotopic (exact) mass is 500 g/mol. The summed E-state index contributed by atoms with van der Waals surface area (Å²) in [4.78, 5) is 8.36.